The summed E-state index contributed by atoms with van der Waals surface area (Å²) in [6, 6.07) is 0. The van der Waals surface area contributed by atoms with Crippen molar-refractivity contribution < 1.29 is 4.79 Å². The smallest absolute Gasteiger partial charge is 0.237 e. The molecule has 0 saturated heterocycles. The number of hydrogen-bond acceptors (Lipinski definition) is 4. The summed E-state index contributed by atoms with van der Waals surface area (Å²) in [7, 11) is 3.78. The highest BCUT2D eigenvalue weighted by Gasteiger charge is 2.43. The summed E-state index contributed by atoms with van der Waals surface area (Å²) in [5, 5.41) is 4.48. The number of likely N-dealkylation sites (N-methyl/N-ethyl adjacent to an activating group) is 1. The van der Waals surface area contributed by atoms with Crippen LogP contribution in [-0.2, 0) is 11.8 Å². The average molecular weight is 254 g/mol. The molecule has 2 atom stereocenters. The molecule has 17 heavy (non-hydrogen) atoms. The maximum atomic E-state index is 11.5. The number of carbonyl (C=O) groups is 1. The zero-order chi connectivity index (χ0) is 12.5. The molecule has 6 heteroatoms. The van der Waals surface area contributed by atoms with Gasteiger partial charge >= 0.3 is 0 Å². The molecule has 0 bridgehead atoms. The van der Waals surface area contributed by atoms with E-state index in [-0.39, 0.29) is 5.91 Å². The molecule has 3 N–H and O–H groups in total. The Kier molecular flexibility index (Phi) is 3.44. The van der Waals surface area contributed by atoms with Gasteiger partial charge in [-0.3, -0.25) is 4.79 Å². The molecule has 0 aliphatic heterocycles. The van der Waals surface area contributed by atoms with Gasteiger partial charge in [0.15, 0.2) is 5.16 Å². The summed E-state index contributed by atoms with van der Waals surface area (Å²) in [5.74, 6) is -0.247. The minimum absolute atomic E-state index is 0.247. The minimum atomic E-state index is -0.525. The van der Waals surface area contributed by atoms with Gasteiger partial charge in [0.2, 0.25) is 5.91 Å². The maximum Gasteiger partial charge on any atom is 0.237 e. The molecule has 2 unspecified atom stereocenters. The Balaban J connectivity index is 2.03. The van der Waals surface area contributed by atoms with Crippen LogP contribution in [0.4, 0.5) is 0 Å². The predicted molar refractivity (Wildman–Crippen MR) is 67.7 cm³/mol. The molecule has 1 amide bonds. The second kappa shape index (κ2) is 4.70. The first-order valence-electron chi connectivity index (χ1n) is 5.70. The van der Waals surface area contributed by atoms with E-state index < -0.39 is 5.54 Å². The van der Waals surface area contributed by atoms with Crippen molar-refractivity contribution in [3.05, 3.63) is 12.4 Å². The van der Waals surface area contributed by atoms with Crippen molar-refractivity contribution in [2.45, 2.75) is 35.2 Å². The van der Waals surface area contributed by atoms with E-state index in [4.69, 9.17) is 5.73 Å². The number of hydrogen-bond donors (Lipinski definition) is 2. The van der Waals surface area contributed by atoms with Gasteiger partial charge in [-0.05, 0) is 26.3 Å². The molecule has 1 aromatic rings. The second-order valence-corrected chi connectivity index (χ2v) is 5.77. The van der Waals surface area contributed by atoms with Crippen molar-refractivity contribution in [1.29, 1.82) is 0 Å². The fraction of sp³-hybridized carbons (Fsp3) is 0.636. The highest BCUT2D eigenvalue weighted by molar-refractivity contribution is 7.99. The Morgan fingerprint density at radius 1 is 1.76 bits per heavy atom. The predicted octanol–water partition coefficient (Wildman–Crippen LogP) is 0.508. The lowest BCUT2D eigenvalue weighted by atomic mass is 9.97. The summed E-state index contributed by atoms with van der Waals surface area (Å²) >= 11 is 1.72. The van der Waals surface area contributed by atoms with Crippen molar-refractivity contribution in [2.75, 3.05) is 7.05 Å². The fourth-order valence-electron chi connectivity index (χ4n) is 2.29. The molecule has 1 aliphatic carbocycles. The topological polar surface area (TPSA) is 72.9 Å². The Bertz CT molecular complexity index is 419. The van der Waals surface area contributed by atoms with Crippen LogP contribution in [0.25, 0.3) is 0 Å². The van der Waals surface area contributed by atoms with Crippen molar-refractivity contribution >= 4 is 17.7 Å². The number of nitrogens with one attached hydrogen (secondary N) is 1. The van der Waals surface area contributed by atoms with Crippen molar-refractivity contribution in [1.82, 2.24) is 14.9 Å². The highest BCUT2D eigenvalue weighted by atomic mass is 32.2. The lowest BCUT2D eigenvalue weighted by Gasteiger charge is -2.24. The summed E-state index contributed by atoms with van der Waals surface area (Å²) in [6.07, 6.45) is 6.28. The molecule has 0 aromatic carbocycles. The number of thioether (sulfide) groups is 1. The number of rotatable bonds is 4. The molecule has 0 spiro atoms. The molecule has 1 saturated carbocycles. The van der Waals surface area contributed by atoms with Crippen molar-refractivity contribution in [3.8, 4) is 0 Å². The Labute approximate surface area is 105 Å². The molecule has 1 heterocycles. The van der Waals surface area contributed by atoms with Crippen LogP contribution in [-0.4, -0.2) is 33.3 Å². The van der Waals surface area contributed by atoms with E-state index in [1.807, 2.05) is 17.8 Å². The van der Waals surface area contributed by atoms with Gasteiger partial charge in [-0.15, -0.1) is 0 Å². The maximum absolute atomic E-state index is 11.5. The van der Waals surface area contributed by atoms with Gasteiger partial charge in [0.05, 0.1) is 5.54 Å². The van der Waals surface area contributed by atoms with Crippen molar-refractivity contribution in [3.63, 3.8) is 0 Å². The molecule has 0 radical (unpaired) electrons. The van der Waals surface area contributed by atoms with Gasteiger partial charge in [0, 0.05) is 24.7 Å². The van der Waals surface area contributed by atoms with Gasteiger partial charge in [-0.1, -0.05) is 11.8 Å². The standard InChI is InChI=1S/C11H18N4OS/c1-13-11(9(12)16)4-3-8(7-11)17-10-14-5-6-15(10)2/h5-6,8,13H,3-4,7H2,1-2H3,(H2,12,16). The van der Waals surface area contributed by atoms with E-state index in [1.165, 1.54) is 0 Å². The molecule has 94 valence electrons. The first-order valence-corrected chi connectivity index (χ1v) is 6.58. The third-order valence-electron chi connectivity index (χ3n) is 3.47. The summed E-state index contributed by atoms with van der Waals surface area (Å²) in [6.45, 7) is 0. The third kappa shape index (κ3) is 2.32. The van der Waals surface area contributed by atoms with Gasteiger partial charge in [0.1, 0.15) is 0 Å². The van der Waals surface area contributed by atoms with Crippen LogP contribution in [0.3, 0.4) is 0 Å². The van der Waals surface area contributed by atoms with E-state index in [1.54, 1.807) is 25.0 Å². The molecule has 1 aliphatic rings. The molecule has 1 aromatic heterocycles. The number of primary amides is 1. The number of carbonyl (C=O) groups excluding carboxylic acids is 1. The van der Waals surface area contributed by atoms with Gasteiger partial charge in [0.25, 0.3) is 0 Å². The van der Waals surface area contributed by atoms with Crippen LogP contribution in [0.5, 0.6) is 0 Å². The molecule has 1 fully saturated rings. The highest BCUT2D eigenvalue weighted by Crippen LogP contribution is 2.39. The van der Waals surface area contributed by atoms with Gasteiger partial charge < -0.3 is 15.6 Å². The second-order valence-electron chi connectivity index (χ2n) is 4.50. The molecular formula is C11H18N4OS. The summed E-state index contributed by atoms with van der Waals surface area (Å²) in [5.41, 5.74) is 4.95. The van der Waals surface area contributed by atoms with Gasteiger partial charge in [-0.25, -0.2) is 4.98 Å². The first-order chi connectivity index (χ1) is 8.07. The lowest BCUT2D eigenvalue weighted by molar-refractivity contribution is -0.124. The molecule has 5 nitrogen and oxygen atoms in total. The van der Waals surface area contributed by atoms with E-state index in [0.717, 1.165) is 24.4 Å². The molecular weight excluding hydrogens is 236 g/mol. The number of nitrogens with two attached hydrogens (primary N) is 1. The number of imidazole rings is 1. The van der Waals surface area contributed by atoms with Crippen molar-refractivity contribution in [2.24, 2.45) is 12.8 Å². The van der Waals surface area contributed by atoms with E-state index in [2.05, 4.69) is 10.3 Å². The first kappa shape index (κ1) is 12.4. The van der Waals surface area contributed by atoms with Crippen LogP contribution in [0.15, 0.2) is 17.6 Å². The minimum Gasteiger partial charge on any atom is -0.368 e. The monoisotopic (exact) mass is 254 g/mol. The SMILES string of the molecule is CNC1(C(N)=O)CCC(Sc2nccn2C)C1. The van der Waals surface area contributed by atoms with Crippen LogP contribution < -0.4 is 11.1 Å². The van der Waals surface area contributed by atoms with Crippen LogP contribution in [0.2, 0.25) is 0 Å². The average Bonchev–Trinajstić information content (AvgIpc) is 2.88. The Morgan fingerprint density at radius 2 is 2.53 bits per heavy atom. The van der Waals surface area contributed by atoms with Crippen LogP contribution in [0, 0.1) is 0 Å². The van der Waals surface area contributed by atoms with E-state index in [9.17, 15) is 4.79 Å². The zero-order valence-corrected chi connectivity index (χ0v) is 11.0. The fourth-order valence-corrected chi connectivity index (χ4v) is 3.54. The quantitative estimate of drug-likeness (QED) is 0.821. The number of aromatic nitrogens is 2. The summed E-state index contributed by atoms with van der Waals surface area (Å²) < 4.78 is 1.99. The Hall–Kier alpha value is -1.01. The van der Waals surface area contributed by atoms with E-state index >= 15 is 0 Å². The number of amides is 1. The van der Waals surface area contributed by atoms with Crippen LogP contribution >= 0.6 is 11.8 Å². The normalized spacial score (nSPS) is 28.5. The summed E-state index contributed by atoms with van der Waals surface area (Å²) in [4.78, 5) is 15.8. The van der Waals surface area contributed by atoms with E-state index in [0.29, 0.717) is 5.25 Å². The van der Waals surface area contributed by atoms with Gasteiger partial charge in [-0.2, -0.15) is 0 Å². The number of nitrogens with zero attached hydrogens (tertiary/aromatic N) is 2. The zero-order valence-electron chi connectivity index (χ0n) is 10.1. The van der Waals surface area contributed by atoms with Crippen LogP contribution in [0.1, 0.15) is 19.3 Å². The number of aryl methyl sites for hydroxylation is 1. The third-order valence-corrected chi connectivity index (χ3v) is 4.81. The largest absolute Gasteiger partial charge is 0.368 e. The Morgan fingerprint density at radius 3 is 3.00 bits per heavy atom. The lowest BCUT2D eigenvalue weighted by Crippen LogP contribution is -2.52. The molecule has 2 rings (SSSR count).